The van der Waals surface area contributed by atoms with Crippen molar-refractivity contribution in [1.29, 1.82) is 0 Å². The number of allylic oxidation sites excluding steroid dienone is 9. The summed E-state index contributed by atoms with van der Waals surface area (Å²) in [6, 6.07) is 32.6. The molecule has 0 spiro atoms. The first-order valence-electron chi connectivity index (χ1n) is 16.8. The maximum absolute atomic E-state index is 4.69. The minimum absolute atomic E-state index is 0.216. The van der Waals surface area contributed by atoms with Gasteiger partial charge in [-0.25, -0.2) is 0 Å². The summed E-state index contributed by atoms with van der Waals surface area (Å²) in [4.78, 5) is 0. The van der Waals surface area contributed by atoms with E-state index in [0.29, 0.717) is 0 Å². The van der Waals surface area contributed by atoms with Gasteiger partial charge >= 0.3 is 0 Å². The van der Waals surface area contributed by atoms with Crippen molar-refractivity contribution in [3.63, 3.8) is 0 Å². The van der Waals surface area contributed by atoms with E-state index in [1.54, 1.807) is 0 Å². The average Bonchev–Trinajstić information content (AvgIpc) is 3.93. The Hall–Kier alpha value is -5.87. The Bertz CT molecular complexity index is 2320. The molecule has 4 aromatic carbocycles. The molecule has 4 heteroatoms. The third-order valence-electron chi connectivity index (χ3n) is 10.1. The molecule has 1 aliphatic heterocycles. The van der Waals surface area contributed by atoms with Gasteiger partial charge in [-0.1, -0.05) is 97.1 Å². The van der Waals surface area contributed by atoms with E-state index in [1.807, 2.05) is 12.3 Å². The van der Waals surface area contributed by atoms with Crippen LogP contribution in [-0.4, -0.2) is 17.3 Å². The van der Waals surface area contributed by atoms with Crippen LogP contribution in [0.3, 0.4) is 0 Å². The van der Waals surface area contributed by atoms with Crippen molar-refractivity contribution in [2.45, 2.75) is 25.7 Å². The number of para-hydroxylation sites is 3. The van der Waals surface area contributed by atoms with Crippen molar-refractivity contribution >= 4 is 46.2 Å². The number of rotatable bonds is 2. The second-order valence-electron chi connectivity index (χ2n) is 12.9. The summed E-state index contributed by atoms with van der Waals surface area (Å²) >= 11 is 0. The molecule has 0 amide bonds. The number of fused-ring (bicyclic) bond motifs is 9. The highest BCUT2D eigenvalue weighted by molar-refractivity contribution is 6.02. The highest BCUT2D eigenvalue weighted by Crippen LogP contribution is 2.43. The first-order chi connectivity index (χ1) is 23.7. The Morgan fingerprint density at radius 2 is 1.65 bits per heavy atom. The third-order valence-corrected chi connectivity index (χ3v) is 10.1. The molecule has 2 N–H and O–H groups in total. The van der Waals surface area contributed by atoms with Crippen molar-refractivity contribution < 1.29 is 0 Å². The molecular formula is C44H36N4. The molecule has 9 rings (SSSR count). The molecule has 3 aliphatic carbocycles. The first kappa shape index (κ1) is 28.4. The van der Waals surface area contributed by atoms with Gasteiger partial charge in [0.15, 0.2) is 0 Å². The van der Waals surface area contributed by atoms with Crippen LogP contribution in [0, 0.1) is 0 Å². The summed E-state index contributed by atoms with van der Waals surface area (Å²) in [7, 11) is 0. The molecule has 1 atom stereocenters. The molecule has 0 radical (unpaired) electrons. The molecule has 0 saturated carbocycles. The predicted molar refractivity (Wildman–Crippen MR) is 203 cm³/mol. The maximum atomic E-state index is 4.69. The summed E-state index contributed by atoms with van der Waals surface area (Å²) < 4.78 is 2.47. The smallest absolute Gasteiger partial charge is 0.0793 e. The van der Waals surface area contributed by atoms with Crippen LogP contribution in [0.15, 0.2) is 149 Å². The average molecular weight is 621 g/mol. The van der Waals surface area contributed by atoms with Crippen molar-refractivity contribution in [2.24, 2.45) is 5.10 Å². The van der Waals surface area contributed by atoms with Gasteiger partial charge in [0.25, 0.3) is 0 Å². The van der Waals surface area contributed by atoms with Crippen molar-refractivity contribution in [3.05, 3.63) is 178 Å². The van der Waals surface area contributed by atoms with Crippen molar-refractivity contribution in [1.82, 2.24) is 4.57 Å². The van der Waals surface area contributed by atoms with Gasteiger partial charge in [0.2, 0.25) is 0 Å². The summed E-state index contributed by atoms with van der Waals surface area (Å²) in [5, 5.41) is 9.71. The molecule has 2 heterocycles. The van der Waals surface area contributed by atoms with Crippen LogP contribution in [0.4, 0.5) is 11.4 Å². The van der Waals surface area contributed by atoms with Crippen LogP contribution in [0.1, 0.15) is 46.4 Å². The molecule has 0 fully saturated rings. The summed E-state index contributed by atoms with van der Waals surface area (Å²) in [5.41, 5.74) is 20.8. The summed E-state index contributed by atoms with van der Waals surface area (Å²) in [5.74, 6) is 0.216. The number of hydrazone groups is 1. The number of benzene rings is 4. The lowest BCUT2D eigenvalue weighted by Gasteiger charge is -2.20. The van der Waals surface area contributed by atoms with E-state index in [0.717, 1.165) is 30.8 Å². The lowest BCUT2D eigenvalue weighted by molar-refractivity contribution is 0.969. The van der Waals surface area contributed by atoms with Gasteiger partial charge in [-0.3, -0.25) is 5.43 Å². The Morgan fingerprint density at radius 3 is 2.56 bits per heavy atom. The number of aromatic nitrogens is 1. The topological polar surface area (TPSA) is 41.4 Å². The lowest BCUT2D eigenvalue weighted by atomic mass is 9.86. The fourth-order valence-electron chi connectivity index (χ4n) is 7.83. The fourth-order valence-corrected chi connectivity index (χ4v) is 7.83. The van der Waals surface area contributed by atoms with Gasteiger partial charge in [-0.15, -0.1) is 0 Å². The minimum Gasteiger partial charge on any atom is -0.380 e. The van der Waals surface area contributed by atoms with Crippen LogP contribution in [0.5, 0.6) is 0 Å². The first-order valence-corrected chi connectivity index (χ1v) is 16.8. The van der Waals surface area contributed by atoms with Gasteiger partial charge in [-0.05, 0) is 100 Å². The third kappa shape index (κ3) is 4.80. The molecule has 4 aliphatic rings. The van der Waals surface area contributed by atoms with E-state index in [1.165, 1.54) is 72.4 Å². The predicted octanol–water partition coefficient (Wildman–Crippen LogP) is 10.3. The SMILES string of the molecule is C\C1=C/C(C2=Cc3c(n(-c4ccccc4)c4ccc5c(c34)C=CC5)C2)=C\C=N\Nc2ccccc2NCC2=CC=CC2c2ccccc21. The number of hydrogen-bond acceptors (Lipinski definition) is 3. The van der Waals surface area contributed by atoms with Gasteiger partial charge < -0.3 is 9.88 Å². The fraction of sp³-hybridized carbons (Fsp3) is 0.114. The van der Waals surface area contributed by atoms with E-state index >= 15 is 0 Å². The quantitative estimate of drug-likeness (QED) is 0.206. The van der Waals surface area contributed by atoms with Crippen LogP contribution in [-0.2, 0) is 12.8 Å². The van der Waals surface area contributed by atoms with Crippen molar-refractivity contribution in [3.8, 4) is 5.69 Å². The van der Waals surface area contributed by atoms with E-state index < -0.39 is 0 Å². The number of nitrogens with one attached hydrogen (secondary N) is 2. The number of nitrogens with zero attached hydrogens (tertiary/aromatic N) is 2. The lowest BCUT2D eigenvalue weighted by Crippen LogP contribution is -2.11. The van der Waals surface area contributed by atoms with Crippen LogP contribution < -0.4 is 10.7 Å². The zero-order valence-corrected chi connectivity index (χ0v) is 26.9. The normalized spacial score (nSPS) is 20.6. The zero-order valence-electron chi connectivity index (χ0n) is 26.9. The second-order valence-corrected chi connectivity index (χ2v) is 12.9. The molecule has 0 saturated heterocycles. The highest BCUT2D eigenvalue weighted by Gasteiger charge is 2.27. The van der Waals surface area contributed by atoms with Gasteiger partial charge in [-0.2, -0.15) is 5.10 Å². The van der Waals surface area contributed by atoms with Crippen LogP contribution >= 0.6 is 0 Å². The van der Waals surface area contributed by atoms with Crippen molar-refractivity contribution in [2.75, 3.05) is 17.3 Å². The Balaban J connectivity index is 1.20. The van der Waals surface area contributed by atoms with Gasteiger partial charge in [0, 0.05) is 47.4 Å². The van der Waals surface area contributed by atoms with E-state index in [-0.39, 0.29) is 5.92 Å². The zero-order chi connectivity index (χ0) is 32.0. The monoisotopic (exact) mass is 620 g/mol. The Morgan fingerprint density at radius 1 is 0.812 bits per heavy atom. The van der Waals surface area contributed by atoms with Gasteiger partial charge in [0.05, 0.1) is 16.9 Å². The van der Waals surface area contributed by atoms with Crippen LogP contribution in [0.2, 0.25) is 0 Å². The highest BCUT2D eigenvalue weighted by atomic mass is 15.3. The molecule has 48 heavy (non-hydrogen) atoms. The minimum atomic E-state index is 0.216. The van der Waals surface area contributed by atoms with Crippen LogP contribution in [0.25, 0.3) is 34.3 Å². The standard InChI is InChI=1S/C44H36N4/c1-29-25-31(33-26-39-43(27-33)48(34-13-3-2-4-14-34)42-22-21-30-11-9-18-37(30)44(39)42)23-24-46-47-41-20-8-7-19-40(41)45-28-32-12-10-17-36(32)38-16-6-5-15-35(29)38/h2-10,12-26,36,45,47H,11,27-28H2,1H3/b29-25+,31-23+,46-24+. The second kappa shape index (κ2) is 11.7. The number of anilines is 2. The van der Waals surface area contributed by atoms with E-state index in [2.05, 4.69) is 156 Å². The Kier molecular flexibility index (Phi) is 6.93. The molecule has 0 bridgehead atoms. The molecule has 232 valence electrons. The summed E-state index contributed by atoms with van der Waals surface area (Å²) in [6.07, 6.45) is 22.0. The molecule has 1 unspecified atom stereocenters. The maximum Gasteiger partial charge on any atom is 0.0793 e. The largest absolute Gasteiger partial charge is 0.380 e. The molecule has 5 aromatic rings. The molecule has 1 aromatic heterocycles. The van der Waals surface area contributed by atoms with E-state index in [4.69, 9.17) is 5.10 Å². The number of hydrogen-bond donors (Lipinski definition) is 2. The Labute approximate surface area is 281 Å². The molecular weight excluding hydrogens is 585 g/mol. The summed E-state index contributed by atoms with van der Waals surface area (Å²) in [6.45, 7) is 3.00. The van der Waals surface area contributed by atoms with Gasteiger partial charge in [0.1, 0.15) is 0 Å². The molecule has 4 nitrogen and oxygen atoms in total. The van der Waals surface area contributed by atoms with E-state index in [9.17, 15) is 0 Å².